The van der Waals surface area contributed by atoms with Gasteiger partial charge < -0.3 is 15.6 Å². The molecule has 2 aromatic rings. The smallest absolute Gasteiger partial charge is 0.251 e. The number of fused-ring (bicyclic) bond motifs is 2. The minimum atomic E-state index is -0.289. The first-order chi connectivity index (χ1) is 11.6. The van der Waals surface area contributed by atoms with E-state index in [0.29, 0.717) is 17.4 Å². The molecule has 2 aliphatic carbocycles. The SMILES string of the molecule is NC(=O)C1C2CCC(C2)C1NC(=O)c1ccc(-n2ccnc2)cc1. The third kappa shape index (κ3) is 2.48. The minimum Gasteiger partial charge on any atom is -0.369 e. The summed E-state index contributed by atoms with van der Waals surface area (Å²) in [5.74, 6) is 0.0555. The molecule has 0 aliphatic heterocycles. The zero-order chi connectivity index (χ0) is 16.7. The first-order valence-electron chi connectivity index (χ1n) is 8.32. The normalized spacial score (nSPS) is 28.0. The fourth-order valence-corrected chi connectivity index (χ4v) is 4.34. The van der Waals surface area contributed by atoms with E-state index in [2.05, 4.69) is 10.3 Å². The summed E-state index contributed by atoms with van der Waals surface area (Å²) in [6.45, 7) is 0. The summed E-state index contributed by atoms with van der Waals surface area (Å²) in [4.78, 5) is 28.3. The first-order valence-corrected chi connectivity index (χ1v) is 8.32. The molecule has 0 spiro atoms. The van der Waals surface area contributed by atoms with Crippen LogP contribution in [-0.2, 0) is 4.79 Å². The number of aromatic nitrogens is 2. The van der Waals surface area contributed by atoms with E-state index in [0.717, 1.165) is 24.9 Å². The highest BCUT2D eigenvalue weighted by atomic mass is 16.2. The molecule has 2 amide bonds. The van der Waals surface area contributed by atoms with Crippen LogP contribution < -0.4 is 11.1 Å². The summed E-state index contributed by atoms with van der Waals surface area (Å²) < 4.78 is 1.88. The Morgan fingerprint density at radius 2 is 1.92 bits per heavy atom. The van der Waals surface area contributed by atoms with Crippen molar-refractivity contribution in [3.05, 3.63) is 48.5 Å². The summed E-state index contributed by atoms with van der Waals surface area (Å²) in [5, 5.41) is 3.05. The average Bonchev–Trinajstić information content (AvgIpc) is 3.32. The molecule has 2 bridgehead atoms. The Bertz CT molecular complexity index is 754. The van der Waals surface area contributed by atoms with Crippen LogP contribution in [0.25, 0.3) is 5.69 Å². The average molecular weight is 324 g/mol. The first kappa shape index (κ1) is 14.9. The van der Waals surface area contributed by atoms with Crippen LogP contribution in [0, 0.1) is 17.8 Å². The van der Waals surface area contributed by atoms with Crippen molar-refractivity contribution in [3.8, 4) is 5.69 Å². The predicted octanol–water partition coefficient (Wildman–Crippen LogP) is 1.50. The molecular weight excluding hydrogens is 304 g/mol. The van der Waals surface area contributed by atoms with Gasteiger partial charge in [-0.25, -0.2) is 4.98 Å². The number of primary amides is 1. The van der Waals surface area contributed by atoms with Gasteiger partial charge in [0.2, 0.25) is 5.91 Å². The lowest BCUT2D eigenvalue weighted by Gasteiger charge is -2.29. The molecule has 124 valence electrons. The third-order valence-electron chi connectivity index (χ3n) is 5.47. The van der Waals surface area contributed by atoms with Crippen molar-refractivity contribution in [3.63, 3.8) is 0 Å². The molecule has 1 aromatic carbocycles. The highest BCUT2D eigenvalue weighted by Crippen LogP contribution is 2.48. The van der Waals surface area contributed by atoms with Gasteiger partial charge in [0.15, 0.2) is 0 Å². The molecule has 3 N–H and O–H groups in total. The van der Waals surface area contributed by atoms with Crippen LogP contribution >= 0.6 is 0 Å². The number of nitrogens with two attached hydrogens (primary N) is 1. The van der Waals surface area contributed by atoms with E-state index in [9.17, 15) is 9.59 Å². The lowest BCUT2D eigenvalue weighted by atomic mass is 9.84. The molecular formula is C18H20N4O2. The van der Waals surface area contributed by atoms with Gasteiger partial charge in [-0.3, -0.25) is 9.59 Å². The van der Waals surface area contributed by atoms with E-state index in [4.69, 9.17) is 5.73 Å². The third-order valence-corrected chi connectivity index (χ3v) is 5.47. The number of benzene rings is 1. The Hall–Kier alpha value is -2.63. The quantitative estimate of drug-likeness (QED) is 0.893. The van der Waals surface area contributed by atoms with E-state index in [-0.39, 0.29) is 23.8 Å². The van der Waals surface area contributed by atoms with Crippen LogP contribution in [0.5, 0.6) is 0 Å². The lowest BCUT2D eigenvalue weighted by molar-refractivity contribution is -0.124. The Kier molecular flexibility index (Phi) is 3.59. The number of hydrogen-bond donors (Lipinski definition) is 2. The number of hydrogen-bond acceptors (Lipinski definition) is 3. The maximum Gasteiger partial charge on any atom is 0.251 e. The van der Waals surface area contributed by atoms with Gasteiger partial charge in [-0.2, -0.15) is 0 Å². The van der Waals surface area contributed by atoms with Crippen molar-refractivity contribution < 1.29 is 9.59 Å². The number of nitrogens with zero attached hydrogens (tertiary/aromatic N) is 2. The van der Waals surface area contributed by atoms with E-state index in [1.807, 2.05) is 22.9 Å². The van der Waals surface area contributed by atoms with Crippen LogP contribution in [0.15, 0.2) is 43.0 Å². The molecule has 6 nitrogen and oxygen atoms in total. The Morgan fingerprint density at radius 1 is 1.17 bits per heavy atom. The fraction of sp³-hybridized carbons (Fsp3) is 0.389. The molecule has 4 rings (SSSR count). The summed E-state index contributed by atoms with van der Waals surface area (Å²) >= 11 is 0. The monoisotopic (exact) mass is 324 g/mol. The van der Waals surface area contributed by atoms with Crippen LogP contribution in [-0.4, -0.2) is 27.4 Å². The molecule has 24 heavy (non-hydrogen) atoms. The van der Waals surface area contributed by atoms with Crippen molar-refractivity contribution in [2.75, 3.05) is 0 Å². The van der Waals surface area contributed by atoms with Crippen molar-refractivity contribution in [2.45, 2.75) is 25.3 Å². The Morgan fingerprint density at radius 3 is 2.58 bits per heavy atom. The maximum absolute atomic E-state index is 12.6. The summed E-state index contributed by atoms with van der Waals surface area (Å²) in [6.07, 6.45) is 8.38. The van der Waals surface area contributed by atoms with E-state index >= 15 is 0 Å². The minimum absolute atomic E-state index is 0.123. The second kappa shape index (κ2) is 5.78. The molecule has 0 radical (unpaired) electrons. The number of rotatable bonds is 4. The number of nitrogens with one attached hydrogen (secondary N) is 1. The van der Waals surface area contributed by atoms with Gasteiger partial charge in [0.1, 0.15) is 0 Å². The van der Waals surface area contributed by atoms with Gasteiger partial charge in [-0.05, 0) is 55.4 Å². The molecule has 2 saturated carbocycles. The molecule has 1 heterocycles. The Labute approximate surface area is 140 Å². The Balaban J connectivity index is 1.49. The van der Waals surface area contributed by atoms with Crippen molar-refractivity contribution in [1.29, 1.82) is 0 Å². The molecule has 6 heteroatoms. The van der Waals surface area contributed by atoms with Crippen LogP contribution in [0.1, 0.15) is 29.6 Å². The number of carbonyl (C=O) groups is 2. The molecule has 1 aromatic heterocycles. The zero-order valence-corrected chi connectivity index (χ0v) is 13.3. The molecule has 2 aliphatic rings. The van der Waals surface area contributed by atoms with Crippen LogP contribution in [0.2, 0.25) is 0 Å². The summed E-state index contributed by atoms with van der Waals surface area (Å²) in [6, 6.07) is 7.21. The molecule has 2 fully saturated rings. The largest absolute Gasteiger partial charge is 0.369 e. The van der Waals surface area contributed by atoms with Gasteiger partial charge in [0.05, 0.1) is 12.2 Å². The van der Waals surface area contributed by atoms with E-state index < -0.39 is 0 Å². The lowest BCUT2D eigenvalue weighted by Crippen LogP contribution is -2.48. The summed E-state index contributed by atoms with van der Waals surface area (Å²) in [7, 11) is 0. The second-order valence-electron chi connectivity index (χ2n) is 6.78. The molecule has 4 unspecified atom stereocenters. The van der Waals surface area contributed by atoms with E-state index in [1.165, 1.54) is 0 Å². The number of imidazole rings is 1. The molecule has 4 atom stereocenters. The van der Waals surface area contributed by atoms with Gasteiger partial charge in [-0.15, -0.1) is 0 Å². The van der Waals surface area contributed by atoms with Gasteiger partial charge in [-0.1, -0.05) is 0 Å². The van der Waals surface area contributed by atoms with Gasteiger partial charge in [0, 0.05) is 29.7 Å². The topological polar surface area (TPSA) is 90.0 Å². The van der Waals surface area contributed by atoms with E-state index in [1.54, 1.807) is 24.7 Å². The summed E-state index contributed by atoms with van der Waals surface area (Å²) in [5.41, 5.74) is 7.10. The standard InChI is InChI=1S/C18H20N4O2/c19-17(23)15-12-1-2-13(9-12)16(15)21-18(24)11-3-5-14(6-4-11)22-8-7-20-10-22/h3-8,10,12-13,15-16H,1-2,9H2,(H2,19,23)(H,21,24). The second-order valence-corrected chi connectivity index (χ2v) is 6.78. The fourth-order valence-electron chi connectivity index (χ4n) is 4.34. The van der Waals surface area contributed by atoms with Gasteiger partial charge >= 0.3 is 0 Å². The predicted molar refractivity (Wildman–Crippen MR) is 88.3 cm³/mol. The highest BCUT2D eigenvalue weighted by Gasteiger charge is 2.50. The van der Waals surface area contributed by atoms with Crippen molar-refractivity contribution in [2.24, 2.45) is 23.5 Å². The van der Waals surface area contributed by atoms with Gasteiger partial charge in [0.25, 0.3) is 5.91 Å². The number of amides is 2. The zero-order valence-electron chi connectivity index (χ0n) is 13.3. The molecule has 0 saturated heterocycles. The van der Waals surface area contributed by atoms with Crippen LogP contribution in [0.3, 0.4) is 0 Å². The van der Waals surface area contributed by atoms with Crippen molar-refractivity contribution >= 4 is 11.8 Å². The van der Waals surface area contributed by atoms with Crippen molar-refractivity contribution in [1.82, 2.24) is 14.9 Å². The maximum atomic E-state index is 12.6. The highest BCUT2D eigenvalue weighted by molar-refractivity contribution is 5.95. The number of carbonyl (C=O) groups excluding carboxylic acids is 2. The van der Waals surface area contributed by atoms with Crippen LogP contribution in [0.4, 0.5) is 0 Å².